The van der Waals surface area contributed by atoms with E-state index < -0.39 is 5.97 Å². The molecule has 0 unspecified atom stereocenters. The predicted molar refractivity (Wildman–Crippen MR) is 111 cm³/mol. The van der Waals surface area contributed by atoms with Gasteiger partial charge in [-0.1, -0.05) is 18.2 Å². The van der Waals surface area contributed by atoms with Crippen molar-refractivity contribution in [2.75, 3.05) is 31.6 Å². The second kappa shape index (κ2) is 10.1. The first-order valence-electron chi connectivity index (χ1n) is 9.43. The first-order chi connectivity index (χ1) is 14.1. The topological polar surface area (TPSA) is 76.5 Å². The fraction of sp³-hybridized carbons (Fsp3) is 0.227. The summed E-state index contributed by atoms with van der Waals surface area (Å²) in [5, 5.41) is 6.90. The summed E-state index contributed by atoms with van der Waals surface area (Å²) in [6, 6.07) is 18.7. The Morgan fingerprint density at radius 3 is 2.52 bits per heavy atom. The van der Waals surface area contributed by atoms with E-state index in [0.717, 1.165) is 24.3 Å². The quantitative estimate of drug-likeness (QED) is 0.448. The van der Waals surface area contributed by atoms with Crippen LogP contribution in [-0.4, -0.2) is 48.4 Å². The number of esters is 1. The van der Waals surface area contributed by atoms with E-state index in [-0.39, 0.29) is 12.5 Å². The van der Waals surface area contributed by atoms with Crippen LogP contribution in [0.4, 0.5) is 5.69 Å². The summed E-state index contributed by atoms with van der Waals surface area (Å²) in [7, 11) is 2.01. The predicted octanol–water partition coefficient (Wildman–Crippen LogP) is 2.67. The van der Waals surface area contributed by atoms with Gasteiger partial charge in [0, 0.05) is 38.2 Å². The van der Waals surface area contributed by atoms with E-state index >= 15 is 0 Å². The van der Waals surface area contributed by atoms with E-state index in [9.17, 15) is 9.59 Å². The van der Waals surface area contributed by atoms with Gasteiger partial charge in [0.2, 0.25) is 0 Å². The number of carbonyl (C=O) groups excluding carboxylic acids is 2. The van der Waals surface area contributed by atoms with Crippen LogP contribution < -0.4 is 10.2 Å². The molecule has 0 atom stereocenters. The van der Waals surface area contributed by atoms with Crippen molar-refractivity contribution >= 4 is 17.6 Å². The van der Waals surface area contributed by atoms with Crippen molar-refractivity contribution in [1.82, 2.24) is 15.1 Å². The fourth-order valence-corrected chi connectivity index (χ4v) is 2.79. The van der Waals surface area contributed by atoms with Gasteiger partial charge in [-0.2, -0.15) is 5.10 Å². The maximum Gasteiger partial charge on any atom is 0.338 e. The lowest BCUT2D eigenvalue weighted by Crippen LogP contribution is -2.31. The van der Waals surface area contributed by atoms with E-state index in [1.807, 2.05) is 49.6 Å². The number of anilines is 1. The molecule has 0 aliphatic carbocycles. The zero-order valence-electron chi connectivity index (χ0n) is 16.3. The van der Waals surface area contributed by atoms with Crippen molar-refractivity contribution in [1.29, 1.82) is 0 Å². The molecule has 1 heterocycles. The molecule has 7 nitrogen and oxygen atoms in total. The molecule has 0 fully saturated rings. The summed E-state index contributed by atoms with van der Waals surface area (Å²) >= 11 is 0. The first-order valence-corrected chi connectivity index (χ1v) is 9.43. The summed E-state index contributed by atoms with van der Waals surface area (Å²) in [6.07, 6.45) is 4.29. The van der Waals surface area contributed by atoms with Crippen LogP contribution in [0, 0.1) is 0 Å². The normalized spacial score (nSPS) is 10.4. The largest absolute Gasteiger partial charge is 0.452 e. The van der Waals surface area contributed by atoms with E-state index in [2.05, 4.69) is 15.3 Å². The third kappa shape index (κ3) is 5.93. The number of benzene rings is 2. The van der Waals surface area contributed by atoms with Crippen LogP contribution in [-0.2, 0) is 9.53 Å². The third-order valence-corrected chi connectivity index (χ3v) is 4.40. The van der Waals surface area contributed by atoms with Crippen molar-refractivity contribution in [2.45, 2.75) is 6.42 Å². The fourth-order valence-electron chi connectivity index (χ4n) is 2.79. The van der Waals surface area contributed by atoms with Crippen LogP contribution in [0.2, 0.25) is 0 Å². The number of hydrogen-bond acceptors (Lipinski definition) is 5. The van der Waals surface area contributed by atoms with Crippen molar-refractivity contribution in [3.63, 3.8) is 0 Å². The smallest absolute Gasteiger partial charge is 0.338 e. The average Bonchev–Trinajstić information content (AvgIpc) is 3.30. The second-order valence-electron chi connectivity index (χ2n) is 6.53. The summed E-state index contributed by atoms with van der Waals surface area (Å²) < 4.78 is 6.78. The Hall–Kier alpha value is -3.61. The molecule has 1 N–H and O–H groups in total. The van der Waals surface area contributed by atoms with Crippen LogP contribution in [0.1, 0.15) is 16.8 Å². The highest BCUT2D eigenvalue weighted by Crippen LogP contribution is 2.11. The van der Waals surface area contributed by atoms with Crippen molar-refractivity contribution in [3.8, 4) is 5.69 Å². The molecule has 0 aliphatic rings. The van der Waals surface area contributed by atoms with Crippen LogP contribution in [0.3, 0.4) is 0 Å². The minimum Gasteiger partial charge on any atom is -0.452 e. The molecular weight excluding hydrogens is 368 g/mol. The Kier molecular flexibility index (Phi) is 7.00. The molecule has 0 saturated carbocycles. The molecule has 0 bridgehead atoms. The van der Waals surface area contributed by atoms with Gasteiger partial charge < -0.3 is 15.0 Å². The summed E-state index contributed by atoms with van der Waals surface area (Å²) in [4.78, 5) is 26.1. The maximum absolute atomic E-state index is 12.1. The van der Waals surface area contributed by atoms with Crippen LogP contribution in [0.25, 0.3) is 5.69 Å². The van der Waals surface area contributed by atoms with Gasteiger partial charge in [-0.15, -0.1) is 0 Å². The van der Waals surface area contributed by atoms with Gasteiger partial charge in [-0.25, -0.2) is 9.48 Å². The molecule has 29 heavy (non-hydrogen) atoms. The van der Waals surface area contributed by atoms with Gasteiger partial charge in [0.1, 0.15) is 0 Å². The Labute approximate surface area is 169 Å². The van der Waals surface area contributed by atoms with Crippen molar-refractivity contribution < 1.29 is 14.3 Å². The summed E-state index contributed by atoms with van der Waals surface area (Å²) in [5.74, 6) is -0.843. The number of amides is 1. The van der Waals surface area contributed by atoms with E-state index in [4.69, 9.17) is 4.74 Å². The Morgan fingerprint density at radius 1 is 1.07 bits per heavy atom. The second-order valence-corrected chi connectivity index (χ2v) is 6.53. The molecule has 3 aromatic rings. The van der Waals surface area contributed by atoms with E-state index in [0.29, 0.717) is 12.1 Å². The molecule has 0 aliphatic heterocycles. The highest BCUT2D eigenvalue weighted by Gasteiger charge is 2.10. The number of nitrogens with one attached hydrogen (secondary N) is 1. The van der Waals surface area contributed by atoms with Gasteiger partial charge in [0.15, 0.2) is 6.61 Å². The van der Waals surface area contributed by atoms with Crippen LogP contribution in [0.15, 0.2) is 73.1 Å². The minimum absolute atomic E-state index is 0.297. The summed E-state index contributed by atoms with van der Waals surface area (Å²) in [5.41, 5.74) is 2.36. The number of rotatable bonds is 9. The Bertz CT molecular complexity index is 909. The monoisotopic (exact) mass is 392 g/mol. The van der Waals surface area contributed by atoms with Gasteiger partial charge in [0.05, 0.1) is 11.3 Å². The number of ether oxygens (including phenoxy) is 1. The molecule has 0 radical (unpaired) electrons. The van der Waals surface area contributed by atoms with Gasteiger partial charge >= 0.3 is 5.97 Å². The van der Waals surface area contributed by atoms with Gasteiger partial charge in [0.25, 0.3) is 5.91 Å². The molecule has 2 aromatic carbocycles. The zero-order valence-corrected chi connectivity index (χ0v) is 16.3. The number of para-hydroxylation sites is 1. The first kappa shape index (κ1) is 20.1. The summed E-state index contributed by atoms with van der Waals surface area (Å²) in [6.45, 7) is 1.03. The maximum atomic E-state index is 12.1. The molecule has 0 spiro atoms. The van der Waals surface area contributed by atoms with E-state index in [1.54, 1.807) is 35.1 Å². The SMILES string of the molecule is CN(CCCNC(=O)COC(=O)c1ccc(-n2cccn2)cc1)c1ccccc1. The molecule has 150 valence electrons. The molecular formula is C22H24N4O3. The lowest BCUT2D eigenvalue weighted by molar-refractivity contribution is -0.124. The number of nitrogens with zero attached hydrogens (tertiary/aromatic N) is 3. The number of aromatic nitrogens is 2. The highest BCUT2D eigenvalue weighted by molar-refractivity contribution is 5.91. The minimum atomic E-state index is -0.532. The van der Waals surface area contributed by atoms with Crippen molar-refractivity contribution in [2.24, 2.45) is 0 Å². The molecule has 3 rings (SSSR count). The van der Waals surface area contributed by atoms with Gasteiger partial charge in [-0.05, 0) is 48.9 Å². The van der Waals surface area contributed by atoms with E-state index in [1.165, 1.54) is 0 Å². The zero-order chi connectivity index (χ0) is 20.5. The van der Waals surface area contributed by atoms with Crippen LogP contribution in [0.5, 0.6) is 0 Å². The third-order valence-electron chi connectivity index (χ3n) is 4.40. The van der Waals surface area contributed by atoms with Gasteiger partial charge in [-0.3, -0.25) is 4.79 Å². The molecule has 7 heteroatoms. The lowest BCUT2D eigenvalue weighted by Gasteiger charge is -2.19. The standard InChI is InChI=1S/C22H24N4O3/c1-25(19-7-3-2-4-8-19)15-5-13-23-21(27)17-29-22(28)18-9-11-20(12-10-18)26-16-6-14-24-26/h2-4,6-12,14,16H,5,13,15,17H2,1H3,(H,23,27). The molecule has 1 aromatic heterocycles. The molecule has 1 amide bonds. The highest BCUT2D eigenvalue weighted by atomic mass is 16.5. The Morgan fingerprint density at radius 2 is 1.83 bits per heavy atom. The van der Waals surface area contributed by atoms with Crippen molar-refractivity contribution in [3.05, 3.63) is 78.6 Å². The number of carbonyl (C=O) groups is 2. The number of hydrogen-bond donors (Lipinski definition) is 1. The molecule has 0 saturated heterocycles. The van der Waals surface area contributed by atoms with Crippen LogP contribution >= 0.6 is 0 Å². The average molecular weight is 392 g/mol. The Balaban J connectivity index is 1.35. The lowest BCUT2D eigenvalue weighted by atomic mass is 10.2.